The van der Waals surface area contributed by atoms with Crippen molar-refractivity contribution in [3.05, 3.63) is 77.4 Å². The number of esters is 1. The molecule has 1 fully saturated rings. The van der Waals surface area contributed by atoms with E-state index in [0.29, 0.717) is 44.5 Å². The molecule has 6 rings (SSSR count). The van der Waals surface area contributed by atoms with Gasteiger partial charge in [0.25, 0.3) is 0 Å². The van der Waals surface area contributed by atoms with Crippen LogP contribution in [0.1, 0.15) is 64.2 Å². The number of aryl methyl sites for hydroxylation is 1. The van der Waals surface area contributed by atoms with Crippen LogP contribution >= 0.6 is 0 Å². The highest BCUT2D eigenvalue weighted by molar-refractivity contribution is 5.95. The van der Waals surface area contributed by atoms with E-state index >= 15 is 0 Å². The molecule has 3 aromatic carbocycles. The fourth-order valence-corrected chi connectivity index (χ4v) is 8.32. The minimum atomic E-state index is -0.669. The Kier molecular flexibility index (Phi) is 12.3. The first-order valence-electron chi connectivity index (χ1n) is 19.6. The minimum Gasteiger partial charge on any atom is -0.464 e. The van der Waals surface area contributed by atoms with Crippen LogP contribution in [-0.2, 0) is 49.9 Å². The Labute approximate surface area is 325 Å². The van der Waals surface area contributed by atoms with Crippen molar-refractivity contribution in [2.45, 2.75) is 85.5 Å². The summed E-state index contributed by atoms with van der Waals surface area (Å²) in [6, 6.07) is 19.9. The number of ether oxygens (including phenoxy) is 2. The highest BCUT2D eigenvalue weighted by Gasteiger charge is 2.35. The summed E-state index contributed by atoms with van der Waals surface area (Å²) < 4.78 is 14.1. The molecule has 11 heteroatoms. The van der Waals surface area contributed by atoms with E-state index < -0.39 is 23.4 Å². The zero-order chi connectivity index (χ0) is 39.4. The number of nitrogens with one attached hydrogen (secondary N) is 3. The average Bonchev–Trinajstić information content (AvgIpc) is 3.46. The van der Waals surface area contributed by atoms with Crippen molar-refractivity contribution in [2.24, 2.45) is 17.3 Å². The molecule has 1 aromatic heterocycles. The van der Waals surface area contributed by atoms with Crippen molar-refractivity contribution >= 4 is 34.4 Å². The first-order valence-corrected chi connectivity index (χ1v) is 19.6. The van der Waals surface area contributed by atoms with Gasteiger partial charge in [-0.3, -0.25) is 19.4 Å². The lowest BCUT2D eigenvalue weighted by atomic mass is 9.84. The number of rotatable bonds is 9. The largest absolute Gasteiger partial charge is 0.464 e. The smallest absolute Gasteiger partial charge is 0.324 e. The number of hydrogen-bond acceptors (Lipinski definition) is 8. The Hall–Kier alpha value is -4.71. The third kappa shape index (κ3) is 8.74. The van der Waals surface area contributed by atoms with Gasteiger partial charge in [0.2, 0.25) is 11.8 Å². The number of hydrazine groups is 1. The summed E-state index contributed by atoms with van der Waals surface area (Å²) >= 11 is 0. The lowest BCUT2D eigenvalue weighted by Gasteiger charge is -2.35. The number of aromatic nitrogens is 1. The van der Waals surface area contributed by atoms with Gasteiger partial charge in [-0.15, -0.1) is 0 Å². The summed E-state index contributed by atoms with van der Waals surface area (Å²) in [6.45, 7) is 12.4. The van der Waals surface area contributed by atoms with E-state index in [9.17, 15) is 14.4 Å². The molecule has 0 aliphatic carbocycles. The summed E-state index contributed by atoms with van der Waals surface area (Å²) in [4.78, 5) is 41.3. The minimum absolute atomic E-state index is 0.0613. The fourth-order valence-electron chi connectivity index (χ4n) is 8.32. The van der Waals surface area contributed by atoms with Gasteiger partial charge in [-0.25, -0.2) is 5.43 Å². The lowest BCUT2D eigenvalue weighted by molar-refractivity contribution is -0.155. The molecule has 294 valence electrons. The molecule has 3 atom stereocenters. The van der Waals surface area contributed by atoms with Crippen LogP contribution in [-0.4, -0.2) is 73.3 Å². The molecule has 3 heterocycles. The van der Waals surface area contributed by atoms with Gasteiger partial charge in [-0.2, -0.15) is 0 Å². The van der Waals surface area contributed by atoms with Gasteiger partial charge in [0.15, 0.2) is 0 Å². The van der Waals surface area contributed by atoms with Gasteiger partial charge in [0.05, 0.1) is 30.9 Å². The van der Waals surface area contributed by atoms with E-state index in [4.69, 9.17) is 15.2 Å². The van der Waals surface area contributed by atoms with E-state index in [2.05, 4.69) is 83.9 Å². The van der Waals surface area contributed by atoms with Gasteiger partial charge in [0.1, 0.15) is 6.04 Å². The fraction of sp³-hybridized carbons (Fsp3) is 0.477. The Morgan fingerprint density at radius 3 is 2.60 bits per heavy atom. The van der Waals surface area contributed by atoms with E-state index in [1.54, 1.807) is 19.2 Å². The van der Waals surface area contributed by atoms with Crippen molar-refractivity contribution < 1.29 is 23.9 Å². The molecule has 55 heavy (non-hydrogen) atoms. The van der Waals surface area contributed by atoms with Crippen LogP contribution in [0.15, 0.2) is 60.7 Å². The summed E-state index contributed by atoms with van der Waals surface area (Å²) in [5.74, 6) is -1.30. The monoisotopic (exact) mass is 750 g/mol. The van der Waals surface area contributed by atoms with Gasteiger partial charge >= 0.3 is 5.97 Å². The van der Waals surface area contributed by atoms with Crippen LogP contribution in [0.4, 0.5) is 5.69 Å². The highest BCUT2D eigenvalue weighted by Crippen LogP contribution is 2.41. The number of nitrogen functional groups attached to an aromatic ring is 1. The molecule has 11 nitrogen and oxygen atoms in total. The predicted molar refractivity (Wildman–Crippen MR) is 218 cm³/mol. The van der Waals surface area contributed by atoms with Gasteiger partial charge in [-0.05, 0) is 97.7 Å². The first-order chi connectivity index (χ1) is 26.3. The van der Waals surface area contributed by atoms with Crippen LogP contribution in [0.2, 0.25) is 0 Å². The number of carbonyl (C=O) groups excluding carboxylic acids is 3. The molecule has 0 saturated carbocycles. The molecular weight excluding hydrogens is 693 g/mol. The number of cyclic esters (lactones) is 1. The number of nitrogens with zero attached hydrogens (tertiary/aromatic N) is 2. The van der Waals surface area contributed by atoms with E-state index in [0.717, 1.165) is 51.0 Å². The van der Waals surface area contributed by atoms with Gasteiger partial charge in [0, 0.05) is 54.3 Å². The van der Waals surface area contributed by atoms with Crippen molar-refractivity contribution in [3.8, 4) is 22.4 Å². The summed E-state index contributed by atoms with van der Waals surface area (Å²) in [5.41, 5.74) is 18.4. The van der Waals surface area contributed by atoms with E-state index in [1.807, 2.05) is 32.0 Å². The SMILES string of the molecule is CCn1c(-c2ccccc2COC)c2c3cc(ccc31)-c1cc(N)cc(c1)C[C@H](CNC(=O)[C@@H](NC)C(C)C)C(=O)N1CCC[C@H](N1)C(=O)OCC(C)(C)C2. The number of methoxy groups -OCH3 is 1. The molecule has 5 N–H and O–H groups in total. The number of nitrogens with two attached hydrogens (primary N) is 1. The maximum absolute atomic E-state index is 14.3. The van der Waals surface area contributed by atoms with Crippen molar-refractivity contribution in [3.63, 3.8) is 0 Å². The third-order valence-corrected chi connectivity index (χ3v) is 11.0. The molecule has 2 amide bonds. The second-order valence-corrected chi connectivity index (χ2v) is 16.3. The molecule has 1 saturated heterocycles. The van der Waals surface area contributed by atoms with Crippen LogP contribution in [0.5, 0.6) is 0 Å². The van der Waals surface area contributed by atoms with E-state index in [1.165, 1.54) is 5.56 Å². The van der Waals surface area contributed by atoms with Gasteiger partial charge in [-0.1, -0.05) is 64.1 Å². The number of likely N-dealkylation sites (N-methyl/N-ethyl adjacent to an activating group) is 1. The quantitative estimate of drug-likeness (QED) is 0.123. The van der Waals surface area contributed by atoms with Crippen molar-refractivity contribution in [1.82, 2.24) is 25.6 Å². The van der Waals surface area contributed by atoms with Crippen LogP contribution in [0.3, 0.4) is 0 Å². The zero-order valence-electron chi connectivity index (χ0n) is 33.5. The number of carbonyl (C=O) groups is 3. The third-order valence-electron chi connectivity index (χ3n) is 11.0. The summed E-state index contributed by atoms with van der Waals surface area (Å²) in [5, 5.41) is 8.80. The molecule has 2 aliphatic heterocycles. The Morgan fingerprint density at radius 2 is 1.87 bits per heavy atom. The van der Waals surface area contributed by atoms with Crippen LogP contribution < -0.4 is 21.8 Å². The molecule has 4 aromatic rings. The maximum Gasteiger partial charge on any atom is 0.324 e. The topological polar surface area (TPSA) is 140 Å². The normalized spacial score (nSPS) is 19.6. The second kappa shape index (κ2) is 17.0. The first kappa shape index (κ1) is 40.0. The highest BCUT2D eigenvalue weighted by atomic mass is 16.5. The lowest BCUT2D eigenvalue weighted by Crippen LogP contribution is -2.58. The number of amides is 2. The van der Waals surface area contributed by atoms with Gasteiger partial charge < -0.3 is 30.4 Å². The Balaban J connectivity index is 1.50. The Morgan fingerprint density at radius 1 is 1.09 bits per heavy atom. The second-order valence-electron chi connectivity index (χ2n) is 16.3. The molecule has 2 aliphatic rings. The van der Waals surface area contributed by atoms with E-state index in [-0.39, 0.29) is 36.9 Å². The Bertz CT molecular complexity index is 2040. The predicted octanol–water partition coefficient (Wildman–Crippen LogP) is 5.86. The van der Waals surface area contributed by atoms with Crippen LogP contribution in [0, 0.1) is 17.3 Å². The number of anilines is 1. The number of benzene rings is 3. The van der Waals surface area contributed by atoms with Crippen molar-refractivity contribution in [2.75, 3.05) is 39.6 Å². The molecule has 0 radical (unpaired) electrons. The van der Waals surface area contributed by atoms with Crippen LogP contribution in [0.25, 0.3) is 33.3 Å². The molecule has 0 spiro atoms. The standard InChI is InChI=1S/C44H58N6O5/c1-8-49-38-16-15-29-22-35(38)36(40(49)34-13-10-9-12-30(34)25-54-7)23-44(4,5)26-55-43(53)37-14-11-17-50(48-37)42(52)32(19-28-18-31(29)21-33(45)20-28)24-47-41(51)39(46-6)27(2)3/h9-10,12-13,15-16,18,20-22,27,32,37,39,46,48H,8,11,14,17,19,23-26,45H2,1-7H3,(H,47,51)/t32-,37+,39+/m1/s1. The number of hydrogen-bond donors (Lipinski definition) is 4. The molecule has 0 unspecified atom stereocenters. The maximum atomic E-state index is 14.3. The molecular formula is C44H58N6O5. The molecule has 6 bridgehead atoms. The number of fused-ring (bicyclic) bond motifs is 6. The zero-order valence-corrected chi connectivity index (χ0v) is 33.5. The summed E-state index contributed by atoms with van der Waals surface area (Å²) in [6.07, 6.45) is 2.17. The summed E-state index contributed by atoms with van der Waals surface area (Å²) in [7, 11) is 3.48. The average molecular weight is 751 g/mol. The van der Waals surface area contributed by atoms with Crippen molar-refractivity contribution in [1.29, 1.82) is 0 Å².